The second kappa shape index (κ2) is 4.66. The molecular formula is C11H13F3O. The maximum absolute atomic E-state index is 13.2. The van der Waals surface area contributed by atoms with Crippen molar-refractivity contribution in [3.05, 3.63) is 35.1 Å². The second-order valence-electron chi connectivity index (χ2n) is 3.91. The van der Waals surface area contributed by atoms with E-state index in [1.165, 1.54) is 0 Å². The van der Waals surface area contributed by atoms with Crippen molar-refractivity contribution >= 4 is 0 Å². The van der Waals surface area contributed by atoms with Gasteiger partial charge in [0, 0.05) is 5.56 Å². The highest BCUT2D eigenvalue weighted by Crippen LogP contribution is 2.25. The van der Waals surface area contributed by atoms with Crippen molar-refractivity contribution in [3.63, 3.8) is 0 Å². The molecule has 0 saturated carbocycles. The highest BCUT2D eigenvalue weighted by atomic mass is 19.2. The van der Waals surface area contributed by atoms with Crippen LogP contribution in [0.2, 0.25) is 0 Å². The summed E-state index contributed by atoms with van der Waals surface area (Å²) in [5, 5.41) is 9.56. The summed E-state index contributed by atoms with van der Waals surface area (Å²) in [6.07, 6.45) is -0.790. The largest absolute Gasteiger partial charge is 0.388 e. The lowest BCUT2D eigenvalue weighted by atomic mass is 9.99. The van der Waals surface area contributed by atoms with Crippen LogP contribution in [0.3, 0.4) is 0 Å². The number of halogens is 3. The number of aliphatic hydroxyl groups excluding tert-OH is 1. The Balaban J connectivity index is 3.00. The van der Waals surface area contributed by atoms with Crippen LogP contribution in [0.4, 0.5) is 13.2 Å². The molecule has 1 nitrogen and oxygen atoms in total. The van der Waals surface area contributed by atoms with Gasteiger partial charge in [0.05, 0.1) is 6.10 Å². The van der Waals surface area contributed by atoms with E-state index in [0.29, 0.717) is 6.42 Å². The molecule has 0 aliphatic carbocycles. The molecule has 1 atom stereocenters. The molecule has 15 heavy (non-hydrogen) atoms. The van der Waals surface area contributed by atoms with Crippen molar-refractivity contribution < 1.29 is 18.3 Å². The van der Waals surface area contributed by atoms with Gasteiger partial charge in [0.15, 0.2) is 17.5 Å². The quantitative estimate of drug-likeness (QED) is 0.772. The molecule has 1 N–H and O–H groups in total. The van der Waals surface area contributed by atoms with E-state index in [9.17, 15) is 18.3 Å². The van der Waals surface area contributed by atoms with Gasteiger partial charge in [-0.1, -0.05) is 19.9 Å². The predicted octanol–water partition coefficient (Wildman–Crippen LogP) is 3.18. The maximum Gasteiger partial charge on any atom is 0.194 e. The number of aliphatic hydroxyl groups is 1. The van der Waals surface area contributed by atoms with E-state index in [0.717, 1.165) is 12.1 Å². The van der Waals surface area contributed by atoms with E-state index in [1.54, 1.807) is 0 Å². The maximum atomic E-state index is 13.2. The lowest BCUT2D eigenvalue weighted by molar-refractivity contribution is 0.145. The summed E-state index contributed by atoms with van der Waals surface area (Å²) in [6, 6.07) is 1.89. The standard InChI is InChI=1S/C11H13F3O/c1-6(2)5-9(15)7-3-4-8(12)11(14)10(7)13/h3-4,6,9,15H,5H2,1-2H3. The van der Waals surface area contributed by atoms with Crippen molar-refractivity contribution in [3.8, 4) is 0 Å². The summed E-state index contributed by atoms with van der Waals surface area (Å²) >= 11 is 0. The minimum absolute atomic E-state index is 0.146. The Labute approximate surface area is 86.5 Å². The molecule has 0 aliphatic heterocycles. The van der Waals surface area contributed by atoms with Crippen LogP contribution in [0.5, 0.6) is 0 Å². The number of hydrogen-bond donors (Lipinski definition) is 1. The first-order valence-electron chi connectivity index (χ1n) is 4.75. The first-order chi connectivity index (χ1) is 6.93. The molecule has 0 aromatic heterocycles. The first kappa shape index (κ1) is 12.0. The molecule has 84 valence electrons. The molecule has 0 amide bonds. The Bertz CT molecular complexity index is 350. The van der Waals surface area contributed by atoms with Gasteiger partial charge >= 0.3 is 0 Å². The summed E-state index contributed by atoms with van der Waals surface area (Å²) in [5.74, 6) is -3.93. The third-order valence-electron chi connectivity index (χ3n) is 2.12. The minimum atomic E-state index is -1.53. The molecule has 0 spiro atoms. The third kappa shape index (κ3) is 2.72. The molecule has 0 radical (unpaired) electrons. The molecule has 1 aromatic carbocycles. The topological polar surface area (TPSA) is 20.2 Å². The second-order valence-corrected chi connectivity index (χ2v) is 3.91. The van der Waals surface area contributed by atoms with Crippen LogP contribution in [-0.4, -0.2) is 5.11 Å². The van der Waals surface area contributed by atoms with Gasteiger partial charge in [0.2, 0.25) is 0 Å². The number of rotatable bonds is 3. The van der Waals surface area contributed by atoms with E-state index in [1.807, 2.05) is 13.8 Å². The van der Waals surface area contributed by atoms with Crippen molar-refractivity contribution in [2.75, 3.05) is 0 Å². The van der Waals surface area contributed by atoms with Gasteiger partial charge in [0.25, 0.3) is 0 Å². The average Bonchev–Trinajstić information content (AvgIpc) is 2.13. The normalized spacial score (nSPS) is 13.3. The van der Waals surface area contributed by atoms with Crippen molar-refractivity contribution in [2.24, 2.45) is 5.92 Å². The van der Waals surface area contributed by atoms with Gasteiger partial charge < -0.3 is 5.11 Å². The lowest BCUT2D eigenvalue weighted by Gasteiger charge is -2.14. The van der Waals surface area contributed by atoms with Gasteiger partial charge in [-0.05, 0) is 18.4 Å². The molecule has 4 heteroatoms. The molecule has 0 fully saturated rings. The zero-order chi connectivity index (χ0) is 11.6. The van der Waals surface area contributed by atoms with Crippen molar-refractivity contribution in [1.29, 1.82) is 0 Å². The summed E-state index contributed by atoms with van der Waals surface area (Å²) in [6.45, 7) is 3.70. The van der Waals surface area contributed by atoms with E-state index in [4.69, 9.17) is 0 Å². The summed E-state index contributed by atoms with van der Waals surface area (Å²) < 4.78 is 38.6. The Morgan fingerprint density at radius 1 is 1.13 bits per heavy atom. The van der Waals surface area contributed by atoms with Gasteiger partial charge in [-0.2, -0.15) is 0 Å². The van der Waals surface area contributed by atoms with E-state index in [2.05, 4.69) is 0 Å². The fraction of sp³-hybridized carbons (Fsp3) is 0.455. The van der Waals surface area contributed by atoms with E-state index < -0.39 is 23.6 Å². The van der Waals surface area contributed by atoms with E-state index in [-0.39, 0.29) is 11.5 Å². The molecule has 1 unspecified atom stereocenters. The van der Waals surface area contributed by atoms with Crippen LogP contribution < -0.4 is 0 Å². The Hall–Kier alpha value is -1.03. The average molecular weight is 218 g/mol. The zero-order valence-corrected chi connectivity index (χ0v) is 8.60. The summed E-state index contributed by atoms with van der Waals surface area (Å²) in [7, 11) is 0. The molecular weight excluding hydrogens is 205 g/mol. The van der Waals surface area contributed by atoms with Crippen molar-refractivity contribution in [1.82, 2.24) is 0 Å². The first-order valence-corrected chi connectivity index (χ1v) is 4.75. The van der Waals surface area contributed by atoms with Crippen LogP contribution >= 0.6 is 0 Å². The van der Waals surface area contributed by atoms with Crippen LogP contribution in [-0.2, 0) is 0 Å². The Morgan fingerprint density at radius 2 is 1.73 bits per heavy atom. The molecule has 1 aromatic rings. The van der Waals surface area contributed by atoms with Gasteiger partial charge in [-0.15, -0.1) is 0 Å². The fourth-order valence-electron chi connectivity index (χ4n) is 1.37. The number of hydrogen-bond acceptors (Lipinski definition) is 1. The third-order valence-corrected chi connectivity index (χ3v) is 2.12. The fourth-order valence-corrected chi connectivity index (χ4v) is 1.37. The Morgan fingerprint density at radius 3 is 2.27 bits per heavy atom. The molecule has 0 saturated heterocycles. The van der Waals surface area contributed by atoms with Crippen LogP contribution in [0.1, 0.15) is 31.9 Å². The molecule has 0 heterocycles. The van der Waals surface area contributed by atoms with Crippen LogP contribution in [0.25, 0.3) is 0 Å². The molecule has 0 bridgehead atoms. The van der Waals surface area contributed by atoms with E-state index >= 15 is 0 Å². The lowest BCUT2D eigenvalue weighted by Crippen LogP contribution is -2.06. The van der Waals surface area contributed by atoms with Gasteiger partial charge in [0.1, 0.15) is 0 Å². The number of benzene rings is 1. The van der Waals surface area contributed by atoms with Crippen molar-refractivity contribution in [2.45, 2.75) is 26.4 Å². The Kier molecular flexibility index (Phi) is 3.74. The minimum Gasteiger partial charge on any atom is -0.388 e. The van der Waals surface area contributed by atoms with Gasteiger partial charge in [-0.25, -0.2) is 13.2 Å². The molecule has 1 rings (SSSR count). The van der Waals surface area contributed by atoms with Crippen LogP contribution in [0, 0.1) is 23.4 Å². The van der Waals surface area contributed by atoms with Gasteiger partial charge in [-0.3, -0.25) is 0 Å². The highest BCUT2D eigenvalue weighted by molar-refractivity contribution is 5.22. The zero-order valence-electron chi connectivity index (χ0n) is 8.60. The highest BCUT2D eigenvalue weighted by Gasteiger charge is 2.19. The molecule has 0 aliphatic rings. The smallest absolute Gasteiger partial charge is 0.194 e. The van der Waals surface area contributed by atoms with Crippen LogP contribution in [0.15, 0.2) is 12.1 Å². The summed E-state index contributed by atoms with van der Waals surface area (Å²) in [5.41, 5.74) is -0.192. The monoisotopic (exact) mass is 218 g/mol. The predicted molar refractivity (Wildman–Crippen MR) is 50.7 cm³/mol. The SMILES string of the molecule is CC(C)CC(O)c1ccc(F)c(F)c1F. The summed E-state index contributed by atoms with van der Waals surface area (Å²) in [4.78, 5) is 0.